The molecule has 2 saturated heterocycles. The van der Waals surface area contributed by atoms with E-state index in [4.69, 9.17) is 0 Å². The highest BCUT2D eigenvalue weighted by Crippen LogP contribution is 2.21. The second-order valence-corrected chi connectivity index (χ2v) is 5.67. The smallest absolute Gasteiger partial charge is 0.237 e. The summed E-state index contributed by atoms with van der Waals surface area (Å²) in [4.78, 5) is 11.7. The molecule has 2 aliphatic heterocycles. The van der Waals surface area contributed by atoms with Crippen LogP contribution in [0.4, 0.5) is 0 Å². The fourth-order valence-electron chi connectivity index (χ4n) is 2.23. The van der Waals surface area contributed by atoms with E-state index in [0.717, 1.165) is 31.8 Å². The first-order valence-electron chi connectivity index (χ1n) is 5.95. The average Bonchev–Trinajstić information content (AvgIpc) is 2.81. The SMILES string of the molecule is O=C(NCC1CCSCC1)[C@H]1CCCN1. The first-order valence-corrected chi connectivity index (χ1v) is 7.10. The summed E-state index contributed by atoms with van der Waals surface area (Å²) in [6.07, 6.45) is 4.68. The van der Waals surface area contributed by atoms with E-state index in [1.165, 1.54) is 24.3 Å². The molecular formula is C11H20N2OS. The molecule has 2 heterocycles. The summed E-state index contributed by atoms with van der Waals surface area (Å²) in [5, 5.41) is 6.31. The highest BCUT2D eigenvalue weighted by atomic mass is 32.2. The summed E-state index contributed by atoms with van der Waals surface area (Å²) in [6.45, 7) is 1.88. The molecule has 15 heavy (non-hydrogen) atoms. The molecule has 4 heteroatoms. The van der Waals surface area contributed by atoms with E-state index in [-0.39, 0.29) is 11.9 Å². The molecule has 86 valence electrons. The molecule has 2 N–H and O–H groups in total. The third kappa shape index (κ3) is 3.38. The zero-order chi connectivity index (χ0) is 10.5. The van der Waals surface area contributed by atoms with E-state index in [9.17, 15) is 4.79 Å². The van der Waals surface area contributed by atoms with Crippen molar-refractivity contribution in [3.05, 3.63) is 0 Å². The van der Waals surface area contributed by atoms with Crippen molar-refractivity contribution in [1.29, 1.82) is 0 Å². The molecule has 0 aliphatic carbocycles. The van der Waals surface area contributed by atoms with Crippen LogP contribution in [0.2, 0.25) is 0 Å². The van der Waals surface area contributed by atoms with Gasteiger partial charge < -0.3 is 10.6 Å². The van der Waals surface area contributed by atoms with Gasteiger partial charge in [-0.3, -0.25) is 4.79 Å². The van der Waals surface area contributed by atoms with Crippen LogP contribution in [0.1, 0.15) is 25.7 Å². The van der Waals surface area contributed by atoms with E-state index in [1.807, 2.05) is 11.8 Å². The Bertz CT molecular complexity index is 211. The lowest BCUT2D eigenvalue weighted by molar-refractivity contribution is -0.122. The van der Waals surface area contributed by atoms with E-state index >= 15 is 0 Å². The van der Waals surface area contributed by atoms with E-state index in [2.05, 4.69) is 10.6 Å². The van der Waals surface area contributed by atoms with E-state index < -0.39 is 0 Å². The number of rotatable bonds is 3. The molecule has 0 saturated carbocycles. The maximum Gasteiger partial charge on any atom is 0.237 e. The molecule has 0 aromatic carbocycles. The van der Waals surface area contributed by atoms with Gasteiger partial charge in [-0.25, -0.2) is 0 Å². The van der Waals surface area contributed by atoms with Crippen LogP contribution in [-0.4, -0.2) is 36.5 Å². The second-order valence-electron chi connectivity index (χ2n) is 4.45. The molecule has 1 atom stereocenters. The van der Waals surface area contributed by atoms with Crippen molar-refractivity contribution in [3.63, 3.8) is 0 Å². The van der Waals surface area contributed by atoms with Crippen molar-refractivity contribution in [3.8, 4) is 0 Å². The third-order valence-corrected chi connectivity index (χ3v) is 4.33. The predicted molar refractivity (Wildman–Crippen MR) is 64.1 cm³/mol. The van der Waals surface area contributed by atoms with Gasteiger partial charge in [0.2, 0.25) is 5.91 Å². The summed E-state index contributed by atoms with van der Waals surface area (Å²) < 4.78 is 0. The summed E-state index contributed by atoms with van der Waals surface area (Å²) in [5.41, 5.74) is 0. The van der Waals surface area contributed by atoms with Gasteiger partial charge in [0.15, 0.2) is 0 Å². The van der Waals surface area contributed by atoms with Gasteiger partial charge in [-0.1, -0.05) is 0 Å². The van der Waals surface area contributed by atoms with E-state index in [0.29, 0.717) is 0 Å². The molecular weight excluding hydrogens is 208 g/mol. The molecule has 0 radical (unpaired) electrons. The molecule has 0 spiro atoms. The van der Waals surface area contributed by atoms with Crippen LogP contribution in [0.15, 0.2) is 0 Å². The zero-order valence-electron chi connectivity index (χ0n) is 9.13. The summed E-state index contributed by atoms with van der Waals surface area (Å²) in [7, 11) is 0. The number of carbonyl (C=O) groups is 1. The highest BCUT2D eigenvalue weighted by Gasteiger charge is 2.22. The van der Waals surface area contributed by atoms with Crippen LogP contribution in [-0.2, 0) is 4.79 Å². The maximum atomic E-state index is 11.7. The Morgan fingerprint density at radius 3 is 2.80 bits per heavy atom. The fraction of sp³-hybridized carbons (Fsp3) is 0.909. The number of amides is 1. The normalized spacial score (nSPS) is 27.9. The Labute approximate surface area is 95.8 Å². The molecule has 2 fully saturated rings. The van der Waals surface area contributed by atoms with Crippen LogP contribution < -0.4 is 10.6 Å². The summed E-state index contributed by atoms with van der Waals surface area (Å²) in [6, 6.07) is 0.0861. The lowest BCUT2D eigenvalue weighted by Gasteiger charge is -2.22. The van der Waals surface area contributed by atoms with Crippen molar-refractivity contribution in [2.45, 2.75) is 31.7 Å². The average molecular weight is 228 g/mol. The minimum absolute atomic E-state index is 0.0861. The van der Waals surface area contributed by atoms with Crippen molar-refractivity contribution >= 4 is 17.7 Å². The van der Waals surface area contributed by atoms with Gasteiger partial charge in [0.05, 0.1) is 6.04 Å². The van der Waals surface area contributed by atoms with Gasteiger partial charge in [-0.2, -0.15) is 11.8 Å². The van der Waals surface area contributed by atoms with Crippen LogP contribution in [0.25, 0.3) is 0 Å². The Balaban J connectivity index is 1.65. The highest BCUT2D eigenvalue weighted by molar-refractivity contribution is 7.99. The fourth-order valence-corrected chi connectivity index (χ4v) is 3.43. The largest absolute Gasteiger partial charge is 0.354 e. The molecule has 0 aromatic heterocycles. The lowest BCUT2D eigenvalue weighted by atomic mass is 10.0. The van der Waals surface area contributed by atoms with Crippen molar-refractivity contribution in [2.75, 3.05) is 24.6 Å². The minimum Gasteiger partial charge on any atom is -0.354 e. The van der Waals surface area contributed by atoms with Gasteiger partial charge in [0, 0.05) is 6.54 Å². The number of thioether (sulfide) groups is 1. The van der Waals surface area contributed by atoms with Crippen LogP contribution >= 0.6 is 11.8 Å². The Morgan fingerprint density at radius 2 is 2.13 bits per heavy atom. The molecule has 2 aliphatic rings. The molecule has 0 bridgehead atoms. The standard InChI is InChI=1S/C11H20N2OS/c14-11(10-2-1-5-12-10)13-8-9-3-6-15-7-4-9/h9-10,12H,1-8H2,(H,13,14)/t10-/m1/s1. The van der Waals surface area contributed by atoms with Gasteiger partial charge in [-0.15, -0.1) is 0 Å². The third-order valence-electron chi connectivity index (χ3n) is 3.28. The van der Waals surface area contributed by atoms with Gasteiger partial charge in [-0.05, 0) is 49.7 Å². The Kier molecular flexibility index (Phi) is 4.32. The molecule has 2 rings (SSSR count). The van der Waals surface area contributed by atoms with E-state index in [1.54, 1.807) is 0 Å². The number of hydrogen-bond donors (Lipinski definition) is 2. The van der Waals surface area contributed by atoms with Crippen molar-refractivity contribution in [1.82, 2.24) is 10.6 Å². The molecule has 0 unspecified atom stereocenters. The minimum atomic E-state index is 0.0861. The number of carbonyl (C=O) groups excluding carboxylic acids is 1. The summed E-state index contributed by atoms with van der Waals surface area (Å²) in [5.74, 6) is 3.46. The Hall–Kier alpha value is -0.220. The van der Waals surface area contributed by atoms with Gasteiger partial charge in [0.25, 0.3) is 0 Å². The molecule has 1 amide bonds. The van der Waals surface area contributed by atoms with Gasteiger partial charge in [0.1, 0.15) is 0 Å². The van der Waals surface area contributed by atoms with Gasteiger partial charge >= 0.3 is 0 Å². The van der Waals surface area contributed by atoms with Crippen molar-refractivity contribution < 1.29 is 4.79 Å². The molecule has 0 aromatic rings. The Morgan fingerprint density at radius 1 is 1.33 bits per heavy atom. The number of nitrogens with one attached hydrogen (secondary N) is 2. The second kappa shape index (κ2) is 5.75. The van der Waals surface area contributed by atoms with Crippen LogP contribution in [0.3, 0.4) is 0 Å². The molecule has 3 nitrogen and oxygen atoms in total. The topological polar surface area (TPSA) is 41.1 Å². The van der Waals surface area contributed by atoms with Crippen LogP contribution in [0.5, 0.6) is 0 Å². The maximum absolute atomic E-state index is 11.7. The first-order chi connectivity index (χ1) is 7.36. The predicted octanol–water partition coefficient (Wildman–Crippen LogP) is 0.998. The first kappa shape index (κ1) is 11.3. The van der Waals surface area contributed by atoms with Crippen molar-refractivity contribution in [2.24, 2.45) is 5.92 Å². The number of hydrogen-bond acceptors (Lipinski definition) is 3. The lowest BCUT2D eigenvalue weighted by Crippen LogP contribution is -2.42. The summed E-state index contributed by atoms with van der Waals surface area (Å²) >= 11 is 2.03. The monoisotopic (exact) mass is 228 g/mol. The quantitative estimate of drug-likeness (QED) is 0.757. The zero-order valence-corrected chi connectivity index (χ0v) is 9.94. The van der Waals surface area contributed by atoms with Crippen LogP contribution in [0, 0.1) is 5.92 Å².